The first-order valence-electron chi connectivity index (χ1n) is 10.9. The Labute approximate surface area is 177 Å². The third-order valence-electron chi connectivity index (χ3n) is 4.23. The molecule has 5 nitrogen and oxygen atoms in total. The summed E-state index contributed by atoms with van der Waals surface area (Å²) in [7, 11) is 5.87. The van der Waals surface area contributed by atoms with Crippen LogP contribution in [-0.2, 0) is 14.3 Å². The lowest BCUT2D eigenvalue weighted by atomic mass is 10.1. The maximum atomic E-state index is 12.0. The van der Waals surface area contributed by atoms with E-state index in [1.165, 1.54) is 0 Å². The number of allylic oxidation sites excluding steroid dienone is 6. The number of unbranched alkanes of at least 4 members (excludes halogenated alkanes) is 4. The number of carboxylic acids is 1. The maximum absolute atomic E-state index is 12.0. The number of ether oxygens (including phenoxy) is 1. The van der Waals surface area contributed by atoms with Crippen molar-refractivity contribution in [2.45, 2.75) is 77.2 Å². The SMILES string of the molecule is CC/C=C/C/C=C/C/C=C/CCCCCCC(=O)OC(CC(=O)O)C[N+](C)(C)C. The zero-order valence-electron chi connectivity index (χ0n) is 18.9. The summed E-state index contributed by atoms with van der Waals surface area (Å²) in [5, 5.41) is 8.99. The topological polar surface area (TPSA) is 63.6 Å². The van der Waals surface area contributed by atoms with Crippen molar-refractivity contribution >= 4 is 11.9 Å². The van der Waals surface area contributed by atoms with E-state index in [2.05, 4.69) is 43.4 Å². The van der Waals surface area contributed by atoms with Crippen molar-refractivity contribution < 1.29 is 23.9 Å². The Morgan fingerprint density at radius 2 is 1.48 bits per heavy atom. The van der Waals surface area contributed by atoms with Crippen LogP contribution < -0.4 is 0 Å². The number of rotatable bonds is 17. The summed E-state index contributed by atoms with van der Waals surface area (Å²) in [5.41, 5.74) is 0. The number of carbonyl (C=O) groups excluding carboxylic acids is 1. The van der Waals surface area contributed by atoms with Gasteiger partial charge in [0.05, 0.1) is 27.6 Å². The molecule has 166 valence electrons. The molecule has 0 saturated heterocycles. The summed E-state index contributed by atoms with van der Waals surface area (Å²) in [4.78, 5) is 23.0. The van der Waals surface area contributed by atoms with Gasteiger partial charge < -0.3 is 14.3 Å². The van der Waals surface area contributed by atoms with E-state index in [1.54, 1.807) is 0 Å². The third kappa shape index (κ3) is 20.7. The number of likely N-dealkylation sites (N-methyl/N-ethyl adjacent to an activating group) is 1. The molecule has 0 aliphatic heterocycles. The van der Waals surface area contributed by atoms with Crippen molar-refractivity contribution in [1.82, 2.24) is 0 Å². The third-order valence-corrected chi connectivity index (χ3v) is 4.23. The number of hydrogen-bond donors (Lipinski definition) is 1. The summed E-state index contributed by atoms with van der Waals surface area (Å²) in [5.74, 6) is -1.22. The zero-order chi connectivity index (χ0) is 22.0. The highest BCUT2D eigenvalue weighted by Crippen LogP contribution is 2.10. The molecule has 5 heteroatoms. The van der Waals surface area contributed by atoms with Gasteiger partial charge >= 0.3 is 11.9 Å². The van der Waals surface area contributed by atoms with Crippen LogP contribution in [0, 0.1) is 0 Å². The molecule has 0 heterocycles. The van der Waals surface area contributed by atoms with Crippen molar-refractivity contribution in [3.05, 3.63) is 36.5 Å². The highest BCUT2D eigenvalue weighted by Gasteiger charge is 2.24. The van der Waals surface area contributed by atoms with Gasteiger partial charge in [-0.05, 0) is 38.5 Å². The molecule has 29 heavy (non-hydrogen) atoms. The minimum absolute atomic E-state index is 0.141. The number of aliphatic carboxylic acids is 1. The number of esters is 1. The van der Waals surface area contributed by atoms with Gasteiger partial charge in [0.15, 0.2) is 6.10 Å². The van der Waals surface area contributed by atoms with Crippen molar-refractivity contribution in [2.75, 3.05) is 27.7 Å². The largest absolute Gasteiger partial charge is 0.481 e. The van der Waals surface area contributed by atoms with E-state index in [4.69, 9.17) is 9.84 Å². The summed E-state index contributed by atoms with van der Waals surface area (Å²) < 4.78 is 5.95. The normalized spacial score (nSPS) is 13.5. The highest BCUT2D eigenvalue weighted by molar-refractivity contribution is 5.71. The fraction of sp³-hybridized carbons (Fsp3) is 0.667. The number of quaternary nitrogens is 1. The van der Waals surface area contributed by atoms with E-state index < -0.39 is 12.1 Å². The van der Waals surface area contributed by atoms with Gasteiger partial charge in [-0.1, -0.05) is 56.2 Å². The van der Waals surface area contributed by atoms with E-state index in [0.29, 0.717) is 17.4 Å². The lowest BCUT2D eigenvalue weighted by Crippen LogP contribution is -2.43. The summed E-state index contributed by atoms with van der Waals surface area (Å²) >= 11 is 0. The van der Waals surface area contributed by atoms with Crippen LogP contribution in [0.25, 0.3) is 0 Å². The summed E-state index contributed by atoms with van der Waals surface area (Å²) in [6.45, 7) is 2.63. The predicted octanol–water partition coefficient (Wildman–Crippen LogP) is 5.28. The van der Waals surface area contributed by atoms with Gasteiger partial charge in [0.1, 0.15) is 6.54 Å². The van der Waals surface area contributed by atoms with E-state index in [-0.39, 0.29) is 12.4 Å². The molecule has 0 spiro atoms. The van der Waals surface area contributed by atoms with Crippen LogP contribution in [0.4, 0.5) is 0 Å². The molecule has 0 aromatic rings. The lowest BCUT2D eigenvalue weighted by molar-refractivity contribution is -0.873. The summed E-state index contributed by atoms with van der Waals surface area (Å²) in [6.07, 6.45) is 21.0. The fourth-order valence-corrected chi connectivity index (χ4v) is 2.91. The average Bonchev–Trinajstić information content (AvgIpc) is 2.60. The number of carboxylic acid groups (broad SMARTS) is 1. The minimum atomic E-state index is -0.937. The second-order valence-electron chi connectivity index (χ2n) is 8.43. The van der Waals surface area contributed by atoms with Gasteiger partial charge in [0.2, 0.25) is 0 Å². The Bertz CT molecular complexity index is 529. The van der Waals surface area contributed by atoms with Crippen LogP contribution in [0.3, 0.4) is 0 Å². The predicted molar refractivity (Wildman–Crippen MR) is 120 cm³/mol. The van der Waals surface area contributed by atoms with Crippen LogP contribution in [0.2, 0.25) is 0 Å². The maximum Gasteiger partial charge on any atom is 0.307 e. The van der Waals surface area contributed by atoms with Crippen molar-refractivity contribution in [1.29, 1.82) is 0 Å². The Hall–Kier alpha value is -1.88. The molecule has 0 saturated carbocycles. The molecule has 1 N–H and O–H groups in total. The molecule has 0 radical (unpaired) electrons. The second kappa shape index (κ2) is 17.0. The standard InChI is InChI=1S/C24H41NO4/c1-5-6-7-8-9-10-11-12-13-14-15-16-17-18-19-24(28)29-22(20-23(26)27)21-25(2,3)4/h6-7,9-10,12-13,22H,5,8,11,14-21H2,1-4H3/p+1/b7-6+,10-9+,13-12+. The molecular formula is C24H42NO4+. The highest BCUT2D eigenvalue weighted by atomic mass is 16.5. The van der Waals surface area contributed by atoms with Gasteiger partial charge in [0.25, 0.3) is 0 Å². The first-order valence-corrected chi connectivity index (χ1v) is 10.9. The van der Waals surface area contributed by atoms with Gasteiger partial charge in [-0.25, -0.2) is 0 Å². The van der Waals surface area contributed by atoms with Crippen LogP contribution >= 0.6 is 0 Å². The lowest BCUT2D eigenvalue weighted by Gasteiger charge is -2.28. The number of nitrogens with zero attached hydrogens (tertiary/aromatic N) is 1. The Balaban J connectivity index is 3.80. The smallest absolute Gasteiger partial charge is 0.307 e. The van der Waals surface area contributed by atoms with Crippen molar-refractivity contribution in [3.63, 3.8) is 0 Å². The monoisotopic (exact) mass is 408 g/mol. The fourth-order valence-electron chi connectivity index (χ4n) is 2.91. The Kier molecular flexibility index (Phi) is 15.9. The van der Waals surface area contributed by atoms with Crippen molar-refractivity contribution in [3.8, 4) is 0 Å². The molecule has 0 rings (SSSR count). The molecule has 0 aliphatic carbocycles. The molecular weight excluding hydrogens is 366 g/mol. The molecule has 0 aromatic heterocycles. The van der Waals surface area contributed by atoms with E-state index in [0.717, 1.165) is 51.4 Å². The van der Waals surface area contributed by atoms with Gasteiger partial charge in [-0.2, -0.15) is 0 Å². The molecule has 0 fully saturated rings. The minimum Gasteiger partial charge on any atom is -0.481 e. The zero-order valence-corrected chi connectivity index (χ0v) is 18.9. The molecule has 0 bridgehead atoms. The quantitative estimate of drug-likeness (QED) is 0.154. The van der Waals surface area contributed by atoms with Crippen molar-refractivity contribution in [2.24, 2.45) is 0 Å². The molecule has 0 amide bonds. The Morgan fingerprint density at radius 3 is 2.07 bits per heavy atom. The first kappa shape index (κ1) is 27.1. The molecule has 0 aliphatic rings. The van der Waals surface area contributed by atoms with Crippen LogP contribution in [0.15, 0.2) is 36.5 Å². The van der Waals surface area contributed by atoms with Gasteiger partial charge in [0, 0.05) is 6.42 Å². The summed E-state index contributed by atoms with van der Waals surface area (Å²) in [6, 6.07) is 0. The number of carbonyl (C=O) groups is 2. The van der Waals surface area contributed by atoms with Crippen LogP contribution in [0.1, 0.15) is 71.1 Å². The Morgan fingerprint density at radius 1 is 0.897 bits per heavy atom. The molecule has 1 unspecified atom stereocenters. The van der Waals surface area contributed by atoms with E-state index in [1.807, 2.05) is 21.1 Å². The first-order chi connectivity index (χ1) is 13.7. The van der Waals surface area contributed by atoms with E-state index >= 15 is 0 Å². The van der Waals surface area contributed by atoms with Crippen LogP contribution in [-0.4, -0.2) is 55.3 Å². The number of hydrogen-bond acceptors (Lipinski definition) is 3. The van der Waals surface area contributed by atoms with Gasteiger partial charge in [-0.3, -0.25) is 9.59 Å². The molecule has 0 aromatic carbocycles. The second-order valence-corrected chi connectivity index (χ2v) is 8.43. The van der Waals surface area contributed by atoms with E-state index in [9.17, 15) is 9.59 Å². The average molecular weight is 409 g/mol. The van der Waals surface area contributed by atoms with Crippen LogP contribution in [0.5, 0.6) is 0 Å². The van der Waals surface area contributed by atoms with Gasteiger partial charge in [-0.15, -0.1) is 0 Å². The molecule has 1 atom stereocenters.